The van der Waals surface area contributed by atoms with E-state index in [-0.39, 0.29) is 42.0 Å². The van der Waals surface area contributed by atoms with E-state index in [1.807, 2.05) is 13.8 Å². The van der Waals surface area contributed by atoms with Crippen LogP contribution in [0.25, 0.3) is 10.9 Å². The van der Waals surface area contributed by atoms with Crippen LogP contribution in [0.5, 0.6) is 0 Å². The number of anilines is 1. The molecule has 2 aliphatic rings. The summed E-state index contributed by atoms with van der Waals surface area (Å²) >= 11 is 0. The van der Waals surface area contributed by atoms with Gasteiger partial charge in [0.15, 0.2) is 0 Å². The van der Waals surface area contributed by atoms with Gasteiger partial charge in [-0.3, -0.25) is 14.4 Å². The fourth-order valence-electron chi connectivity index (χ4n) is 5.20. The number of halogens is 1. The zero-order chi connectivity index (χ0) is 23.2. The first-order chi connectivity index (χ1) is 15.2. The Bertz CT molecular complexity index is 1090. The van der Waals surface area contributed by atoms with E-state index in [2.05, 4.69) is 10.6 Å². The van der Waals surface area contributed by atoms with Crippen molar-refractivity contribution >= 4 is 34.3 Å². The molecule has 0 radical (unpaired) electrons. The predicted molar refractivity (Wildman–Crippen MR) is 121 cm³/mol. The predicted octanol–water partition coefficient (Wildman–Crippen LogP) is 3.81. The Morgan fingerprint density at radius 3 is 2.59 bits per heavy atom. The van der Waals surface area contributed by atoms with Gasteiger partial charge in [0, 0.05) is 24.4 Å². The molecule has 1 aliphatic heterocycles. The molecular weight excluding hydrogens is 411 g/mol. The second-order valence-electron chi connectivity index (χ2n) is 9.31. The van der Waals surface area contributed by atoms with E-state index in [0.717, 1.165) is 25.7 Å². The molecule has 1 saturated carbocycles. The highest BCUT2D eigenvalue weighted by Crippen LogP contribution is 2.40. The van der Waals surface area contributed by atoms with E-state index in [9.17, 15) is 18.8 Å². The van der Waals surface area contributed by atoms with Crippen LogP contribution in [-0.4, -0.2) is 44.8 Å². The first-order valence-corrected chi connectivity index (χ1v) is 11.4. The molecule has 4 rings (SSSR count). The zero-order valence-corrected chi connectivity index (χ0v) is 19.1. The topological polar surface area (TPSA) is 83.4 Å². The van der Waals surface area contributed by atoms with Gasteiger partial charge in [-0.15, -0.1) is 0 Å². The monoisotopic (exact) mass is 442 g/mol. The summed E-state index contributed by atoms with van der Waals surface area (Å²) in [6.07, 6.45) is 4.75. The summed E-state index contributed by atoms with van der Waals surface area (Å²) in [7, 11) is 0. The van der Waals surface area contributed by atoms with E-state index < -0.39 is 11.4 Å². The SMILES string of the molecule is CCC(C)N1C(=O)c2c(NC(C)=O)c3cc(F)ccc3n2CC1(C)C(=O)NC1CCCC1. The molecule has 2 heterocycles. The molecule has 3 amide bonds. The number of fused-ring (bicyclic) bond motifs is 3. The summed E-state index contributed by atoms with van der Waals surface area (Å²) in [5.74, 6) is -1.32. The summed E-state index contributed by atoms with van der Waals surface area (Å²) in [6, 6.07) is 4.17. The second-order valence-corrected chi connectivity index (χ2v) is 9.31. The highest BCUT2D eigenvalue weighted by molar-refractivity contribution is 6.14. The Hall–Kier alpha value is -2.90. The van der Waals surface area contributed by atoms with Crippen molar-refractivity contribution in [3.05, 3.63) is 29.7 Å². The number of hydrogen-bond acceptors (Lipinski definition) is 3. The molecule has 1 aliphatic carbocycles. The molecule has 32 heavy (non-hydrogen) atoms. The standard InChI is InChI=1S/C24H31FN4O3/c1-5-14(2)29-22(31)21-20(26-15(3)30)18-12-16(25)10-11-19(18)28(21)13-24(29,4)23(32)27-17-8-6-7-9-17/h10-12,14,17H,5-9,13H2,1-4H3,(H,26,30)(H,27,32). The lowest BCUT2D eigenvalue weighted by Crippen LogP contribution is -2.66. The van der Waals surface area contributed by atoms with Crippen LogP contribution in [0.1, 0.15) is 70.3 Å². The summed E-state index contributed by atoms with van der Waals surface area (Å²) in [4.78, 5) is 41.1. The number of amides is 3. The lowest BCUT2D eigenvalue weighted by Gasteiger charge is -2.47. The first-order valence-electron chi connectivity index (χ1n) is 11.4. The molecule has 1 aromatic carbocycles. The van der Waals surface area contributed by atoms with Crippen LogP contribution >= 0.6 is 0 Å². The third-order valence-corrected chi connectivity index (χ3v) is 6.96. The van der Waals surface area contributed by atoms with Gasteiger partial charge in [0.05, 0.1) is 17.7 Å². The van der Waals surface area contributed by atoms with Gasteiger partial charge in [-0.05, 0) is 51.3 Å². The van der Waals surface area contributed by atoms with Crippen molar-refractivity contribution in [3.8, 4) is 0 Å². The average Bonchev–Trinajstić information content (AvgIpc) is 3.34. The maximum absolute atomic E-state index is 14.1. The minimum Gasteiger partial charge on any atom is -0.351 e. The average molecular weight is 443 g/mol. The number of nitrogens with zero attached hydrogens (tertiary/aromatic N) is 2. The van der Waals surface area contributed by atoms with Crippen molar-refractivity contribution in [1.82, 2.24) is 14.8 Å². The van der Waals surface area contributed by atoms with Crippen molar-refractivity contribution in [3.63, 3.8) is 0 Å². The van der Waals surface area contributed by atoms with Crippen LogP contribution < -0.4 is 10.6 Å². The molecule has 0 bridgehead atoms. The molecule has 172 valence electrons. The number of nitrogens with one attached hydrogen (secondary N) is 2. The largest absolute Gasteiger partial charge is 0.351 e. The fraction of sp³-hybridized carbons (Fsp3) is 0.542. The molecule has 0 saturated heterocycles. The maximum Gasteiger partial charge on any atom is 0.273 e. The molecule has 0 spiro atoms. The van der Waals surface area contributed by atoms with E-state index in [1.54, 1.807) is 22.5 Å². The van der Waals surface area contributed by atoms with Crippen LogP contribution in [0.15, 0.2) is 18.2 Å². The summed E-state index contributed by atoms with van der Waals surface area (Å²) in [5, 5.41) is 6.35. The first kappa shape index (κ1) is 22.3. The molecule has 1 fully saturated rings. The van der Waals surface area contributed by atoms with Gasteiger partial charge >= 0.3 is 0 Å². The summed E-state index contributed by atoms with van der Waals surface area (Å²) in [6.45, 7) is 7.28. The van der Waals surface area contributed by atoms with Crippen molar-refractivity contribution < 1.29 is 18.8 Å². The van der Waals surface area contributed by atoms with Gasteiger partial charge in [-0.25, -0.2) is 4.39 Å². The van der Waals surface area contributed by atoms with E-state index in [1.165, 1.54) is 19.1 Å². The van der Waals surface area contributed by atoms with Crippen LogP contribution in [0.4, 0.5) is 10.1 Å². The van der Waals surface area contributed by atoms with Crippen molar-refractivity contribution in [1.29, 1.82) is 0 Å². The number of hydrogen-bond donors (Lipinski definition) is 2. The number of rotatable bonds is 5. The number of aromatic nitrogens is 1. The van der Waals surface area contributed by atoms with Gasteiger partial charge < -0.3 is 20.1 Å². The molecule has 7 nitrogen and oxygen atoms in total. The Morgan fingerprint density at radius 2 is 1.97 bits per heavy atom. The van der Waals surface area contributed by atoms with Gasteiger partial charge in [-0.1, -0.05) is 19.8 Å². The third kappa shape index (κ3) is 3.55. The van der Waals surface area contributed by atoms with E-state index in [4.69, 9.17) is 0 Å². The Morgan fingerprint density at radius 1 is 1.28 bits per heavy atom. The van der Waals surface area contributed by atoms with E-state index >= 15 is 0 Å². The molecule has 2 atom stereocenters. The van der Waals surface area contributed by atoms with Gasteiger partial charge in [-0.2, -0.15) is 0 Å². The van der Waals surface area contributed by atoms with Crippen molar-refractivity contribution in [2.24, 2.45) is 0 Å². The highest BCUT2D eigenvalue weighted by atomic mass is 19.1. The minimum atomic E-state index is -1.12. The smallest absolute Gasteiger partial charge is 0.273 e. The lowest BCUT2D eigenvalue weighted by molar-refractivity contribution is -0.134. The number of carbonyl (C=O) groups excluding carboxylic acids is 3. The molecule has 1 aromatic heterocycles. The van der Waals surface area contributed by atoms with Gasteiger partial charge in [0.1, 0.15) is 17.1 Å². The Balaban J connectivity index is 1.88. The van der Waals surface area contributed by atoms with Crippen LogP contribution in [0.2, 0.25) is 0 Å². The molecule has 2 N–H and O–H groups in total. The lowest BCUT2D eigenvalue weighted by atomic mass is 9.91. The van der Waals surface area contributed by atoms with Crippen LogP contribution in [0.3, 0.4) is 0 Å². The van der Waals surface area contributed by atoms with Crippen LogP contribution in [-0.2, 0) is 16.1 Å². The zero-order valence-electron chi connectivity index (χ0n) is 19.1. The van der Waals surface area contributed by atoms with Crippen LogP contribution in [0, 0.1) is 5.82 Å². The van der Waals surface area contributed by atoms with Crippen molar-refractivity contribution in [2.45, 2.75) is 84.0 Å². The number of carbonyl (C=O) groups is 3. The van der Waals surface area contributed by atoms with E-state index in [0.29, 0.717) is 23.0 Å². The van der Waals surface area contributed by atoms with Crippen molar-refractivity contribution in [2.75, 3.05) is 5.32 Å². The quantitative estimate of drug-likeness (QED) is 0.739. The maximum atomic E-state index is 14.1. The Kier molecular flexibility index (Phi) is 5.73. The third-order valence-electron chi connectivity index (χ3n) is 6.96. The second kappa shape index (κ2) is 8.22. The highest BCUT2D eigenvalue weighted by Gasteiger charge is 2.50. The summed E-state index contributed by atoms with van der Waals surface area (Å²) in [5.41, 5.74) is 0.0774. The molecule has 2 unspecified atom stereocenters. The number of benzene rings is 1. The van der Waals surface area contributed by atoms with Gasteiger partial charge in [0.25, 0.3) is 5.91 Å². The fourth-order valence-corrected chi connectivity index (χ4v) is 5.20. The minimum absolute atomic E-state index is 0.125. The molecule has 2 aromatic rings. The van der Waals surface area contributed by atoms with Gasteiger partial charge in [0.2, 0.25) is 11.8 Å². The molecular formula is C24H31FN4O3. The molecule has 8 heteroatoms. The summed E-state index contributed by atoms with van der Waals surface area (Å²) < 4.78 is 15.9. The normalized spacial score (nSPS) is 22.2. The Labute approximate surface area is 187 Å².